The van der Waals surface area contributed by atoms with E-state index in [0.717, 1.165) is 56.6 Å². The highest BCUT2D eigenvalue weighted by Gasteiger charge is 2.52. The molecule has 0 N–H and O–H groups in total. The molecule has 1 spiro atoms. The molecule has 4 aliphatic rings. The molecule has 0 amide bonds. The summed E-state index contributed by atoms with van der Waals surface area (Å²) in [6.07, 6.45) is 0. The van der Waals surface area contributed by atoms with Crippen LogP contribution in [0.4, 0.5) is 51.2 Å². The lowest BCUT2D eigenvalue weighted by Gasteiger charge is -2.45. The SMILES string of the molecule is c1ccc(-c2cc(-c3ccccc3)cc(N3c4cc(-c5ccccc5)ccc4B4c5ccccc5N(c5ccc6c(c5)-c5ccccc5C65c6ccccc6-c6ccccc65)c5cc(N(c6ccccc6)c6ccccc6)cc3c54)c2)cc1. The number of benzene rings is 13. The van der Waals surface area contributed by atoms with Crippen molar-refractivity contribution in [2.24, 2.45) is 0 Å². The van der Waals surface area contributed by atoms with Crippen LogP contribution in [0.15, 0.2) is 315 Å². The van der Waals surface area contributed by atoms with Gasteiger partial charge in [-0.2, -0.15) is 0 Å². The Labute approximate surface area is 485 Å². The van der Waals surface area contributed by atoms with Crippen molar-refractivity contribution in [2.45, 2.75) is 5.41 Å². The van der Waals surface area contributed by atoms with Gasteiger partial charge in [-0.15, -0.1) is 0 Å². The number of nitrogens with zero attached hydrogens (tertiary/aromatic N) is 3. The maximum Gasteiger partial charge on any atom is 0.252 e. The molecule has 0 unspecified atom stereocenters. The van der Waals surface area contributed by atoms with E-state index in [2.05, 4.69) is 330 Å². The van der Waals surface area contributed by atoms with Crippen LogP contribution in [0.3, 0.4) is 0 Å². The van der Waals surface area contributed by atoms with Gasteiger partial charge in [0.05, 0.1) is 11.1 Å². The zero-order chi connectivity index (χ0) is 54.6. The summed E-state index contributed by atoms with van der Waals surface area (Å²) in [6.45, 7) is -0.102. The first kappa shape index (κ1) is 47.2. The molecule has 4 heteroatoms. The number of anilines is 9. The van der Waals surface area contributed by atoms with Gasteiger partial charge in [-0.1, -0.05) is 237 Å². The van der Waals surface area contributed by atoms with E-state index in [1.807, 2.05) is 0 Å². The summed E-state index contributed by atoms with van der Waals surface area (Å²) in [5.74, 6) is 0. The normalized spacial score (nSPS) is 13.3. The molecule has 0 aromatic heterocycles. The molecule has 83 heavy (non-hydrogen) atoms. The molecule has 386 valence electrons. The predicted molar refractivity (Wildman–Crippen MR) is 348 cm³/mol. The monoisotopic (exact) mass is 1050 g/mol. The molecule has 2 heterocycles. The third-order valence-corrected chi connectivity index (χ3v) is 18.0. The van der Waals surface area contributed by atoms with E-state index in [9.17, 15) is 0 Å². The van der Waals surface area contributed by atoms with Crippen LogP contribution in [-0.2, 0) is 5.41 Å². The van der Waals surface area contributed by atoms with Crippen LogP contribution in [-0.4, -0.2) is 6.71 Å². The van der Waals surface area contributed by atoms with Gasteiger partial charge in [0, 0.05) is 45.5 Å². The molecule has 0 bridgehead atoms. The summed E-state index contributed by atoms with van der Waals surface area (Å²) < 4.78 is 0. The van der Waals surface area contributed by atoms with Crippen molar-refractivity contribution in [2.75, 3.05) is 14.7 Å². The standard InChI is InChI=1S/C79H52BN3/c1-6-24-53(25-7-1)56-42-45-73-75(49-56)83(62-47-57(54-26-8-2-9-27-54)46-58(48-62)55-28-10-3-11-29-55)77-52-63(81(59-30-12-4-13-31-59)60-32-14-5-15-33-60)51-76-78(77)80(73)72-40-22-23-41-74(72)82(76)61-43-44-71-67(50-61)66-36-18-21-39-70(66)79(71)68-37-19-16-34-64(68)65-35-17-20-38-69(65)79/h1-52H. The molecule has 13 aromatic carbocycles. The maximum atomic E-state index is 2.59. The highest BCUT2D eigenvalue weighted by molar-refractivity contribution is 7.00. The number of rotatable bonds is 8. The minimum absolute atomic E-state index is 0.102. The zero-order valence-electron chi connectivity index (χ0n) is 45.4. The highest BCUT2D eigenvalue weighted by Crippen LogP contribution is 2.63. The van der Waals surface area contributed by atoms with E-state index in [-0.39, 0.29) is 6.71 Å². The smallest absolute Gasteiger partial charge is 0.252 e. The molecule has 17 rings (SSSR count). The summed E-state index contributed by atoms with van der Waals surface area (Å²) in [5.41, 5.74) is 30.8. The maximum absolute atomic E-state index is 2.59. The lowest BCUT2D eigenvalue weighted by molar-refractivity contribution is 0.794. The van der Waals surface area contributed by atoms with Crippen LogP contribution >= 0.6 is 0 Å². The Hall–Kier alpha value is -10.7. The second-order valence-electron chi connectivity index (χ2n) is 22.3. The number of hydrogen-bond donors (Lipinski definition) is 0. The lowest BCUT2D eigenvalue weighted by Crippen LogP contribution is -2.61. The van der Waals surface area contributed by atoms with Crippen molar-refractivity contribution in [3.05, 3.63) is 338 Å². The van der Waals surface area contributed by atoms with Gasteiger partial charge in [-0.3, -0.25) is 0 Å². The Kier molecular flexibility index (Phi) is 10.6. The van der Waals surface area contributed by atoms with Crippen LogP contribution in [0.25, 0.3) is 55.6 Å². The van der Waals surface area contributed by atoms with Crippen molar-refractivity contribution in [1.82, 2.24) is 0 Å². The van der Waals surface area contributed by atoms with E-state index in [1.54, 1.807) is 0 Å². The van der Waals surface area contributed by atoms with E-state index in [0.29, 0.717) is 0 Å². The van der Waals surface area contributed by atoms with Gasteiger partial charge in [0.1, 0.15) is 0 Å². The van der Waals surface area contributed by atoms with E-state index in [4.69, 9.17) is 0 Å². The molecule has 0 fully saturated rings. The summed E-state index contributed by atoms with van der Waals surface area (Å²) in [4.78, 5) is 7.62. The first-order valence-corrected chi connectivity index (χ1v) is 28.9. The second-order valence-corrected chi connectivity index (χ2v) is 22.3. The van der Waals surface area contributed by atoms with Crippen LogP contribution < -0.4 is 31.1 Å². The fourth-order valence-corrected chi connectivity index (χ4v) is 14.6. The topological polar surface area (TPSA) is 9.72 Å². The molecule has 2 aliphatic carbocycles. The molecular formula is C79H52BN3. The van der Waals surface area contributed by atoms with Crippen molar-refractivity contribution in [1.29, 1.82) is 0 Å². The number of para-hydroxylation sites is 3. The average molecular weight is 1050 g/mol. The molecule has 0 radical (unpaired) electrons. The second kappa shape index (κ2) is 18.7. The summed E-state index contributed by atoms with van der Waals surface area (Å²) in [7, 11) is 0. The Morgan fingerprint density at radius 2 is 0.687 bits per heavy atom. The minimum atomic E-state index is -0.455. The Balaban J connectivity index is 0.975. The van der Waals surface area contributed by atoms with Crippen LogP contribution in [0, 0.1) is 0 Å². The van der Waals surface area contributed by atoms with Gasteiger partial charge in [0.2, 0.25) is 0 Å². The van der Waals surface area contributed by atoms with Crippen molar-refractivity contribution < 1.29 is 0 Å². The summed E-state index contributed by atoms with van der Waals surface area (Å²) >= 11 is 0. The summed E-state index contributed by atoms with van der Waals surface area (Å²) in [6, 6.07) is 118. The Morgan fingerprint density at radius 3 is 1.24 bits per heavy atom. The third kappa shape index (κ3) is 7.13. The highest BCUT2D eigenvalue weighted by atomic mass is 15.2. The molecule has 0 saturated carbocycles. The van der Waals surface area contributed by atoms with Gasteiger partial charge in [0.15, 0.2) is 0 Å². The number of fused-ring (bicyclic) bond motifs is 14. The molecule has 3 nitrogen and oxygen atoms in total. The van der Waals surface area contributed by atoms with Crippen molar-refractivity contribution >= 4 is 74.3 Å². The van der Waals surface area contributed by atoms with E-state index >= 15 is 0 Å². The predicted octanol–water partition coefficient (Wildman–Crippen LogP) is 18.6. The Morgan fingerprint density at radius 1 is 0.253 bits per heavy atom. The largest absolute Gasteiger partial charge is 0.311 e. The van der Waals surface area contributed by atoms with Gasteiger partial charge in [0.25, 0.3) is 6.71 Å². The van der Waals surface area contributed by atoms with Gasteiger partial charge < -0.3 is 14.7 Å². The van der Waals surface area contributed by atoms with Gasteiger partial charge in [-0.25, -0.2) is 0 Å². The van der Waals surface area contributed by atoms with Crippen molar-refractivity contribution in [3.63, 3.8) is 0 Å². The van der Waals surface area contributed by atoms with Gasteiger partial charge >= 0.3 is 0 Å². The van der Waals surface area contributed by atoms with Crippen LogP contribution in [0.5, 0.6) is 0 Å². The van der Waals surface area contributed by atoms with E-state index < -0.39 is 5.41 Å². The average Bonchev–Trinajstić information content (AvgIpc) is 1.73. The number of hydrogen-bond acceptors (Lipinski definition) is 3. The van der Waals surface area contributed by atoms with Crippen molar-refractivity contribution in [3.8, 4) is 55.6 Å². The van der Waals surface area contributed by atoms with Crippen LogP contribution in [0.2, 0.25) is 0 Å². The lowest BCUT2D eigenvalue weighted by atomic mass is 9.33. The molecule has 0 saturated heterocycles. The molecule has 0 atom stereocenters. The quantitative estimate of drug-likeness (QED) is 0.140. The molecular weight excluding hydrogens is 1000 g/mol. The first-order valence-electron chi connectivity index (χ1n) is 28.9. The van der Waals surface area contributed by atoms with Crippen LogP contribution in [0.1, 0.15) is 22.3 Å². The Bertz CT molecular complexity index is 4550. The molecule has 2 aliphatic heterocycles. The van der Waals surface area contributed by atoms with E-state index in [1.165, 1.54) is 88.8 Å². The van der Waals surface area contributed by atoms with Gasteiger partial charge in [-0.05, 0) is 173 Å². The first-order chi connectivity index (χ1) is 41.2. The molecule has 13 aromatic rings. The summed E-state index contributed by atoms with van der Waals surface area (Å²) in [5, 5.41) is 0. The minimum Gasteiger partial charge on any atom is -0.311 e. The fourth-order valence-electron chi connectivity index (χ4n) is 14.6. The zero-order valence-corrected chi connectivity index (χ0v) is 45.4. The third-order valence-electron chi connectivity index (χ3n) is 18.0. The fraction of sp³-hybridized carbons (Fsp3) is 0.0127.